The van der Waals surface area contributed by atoms with Crippen molar-refractivity contribution >= 4 is 17.4 Å². The molecule has 0 radical (unpaired) electrons. The summed E-state index contributed by atoms with van der Waals surface area (Å²) < 4.78 is 0. The second-order valence-electron chi connectivity index (χ2n) is 4.49. The largest absolute Gasteiger partial charge is 0.478 e. The second kappa shape index (κ2) is 5.54. The van der Waals surface area contributed by atoms with Crippen LogP contribution in [0.5, 0.6) is 0 Å². The van der Waals surface area contributed by atoms with Gasteiger partial charge in [-0.2, -0.15) is 0 Å². The van der Waals surface area contributed by atoms with Crippen molar-refractivity contribution in [3.8, 4) is 0 Å². The summed E-state index contributed by atoms with van der Waals surface area (Å²) in [7, 11) is 0. The molecular weight excluding hydrogens is 274 g/mol. The Morgan fingerprint density at radius 2 is 1.62 bits per heavy atom. The van der Waals surface area contributed by atoms with E-state index in [1.807, 2.05) is 6.92 Å². The highest BCUT2D eigenvalue weighted by Crippen LogP contribution is 2.23. The van der Waals surface area contributed by atoms with Crippen LogP contribution in [0.2, 0.25) is 0 Å². The molecule has 0 heterocycles. The van der Waals surface area contributed by atoms with E-state index in [9.17, 15) is 19.7 Å². The molecule has 106 valence electrons. The Morgan fingerprint density at radius 3 is 2.14 bits per heavy atom. The van der Waals surface area contributed by atoms with Crippen molar-refractivity contribution in [1.29, 1.82) is 0 Å². The second-order valence-corrected chi connectivity index (χ2v) is 4.49. The summed E-state index contributed by atoms with van der Waals surface area (Å²) in [6.07, 6.45) is 0. The lowest BCUT2D eigenvalue weighted by Crippen LogP contribution is -2.07. The maximum atomic E-state index is 12.3. The van der Waals surface area contributed by atoms with E-state index in [2.05, 4.69) is 0 Å². The number of aromatic carboxylic acids is 1. The van der Waals surface area contributed by atoms with E-state index in [0.717, 1.165) is 11.6 Å². The van der Waals surface area contributed by atoms with E-state index >= 15 is 0 Å². The Bertz CT molecular complexity index is 734. The van der Waals surface area contributed by atoms with E-state index < -0.39 is 22.4 Å². The molecule has 0 aliphatic carbocycles. The number of ketones is 1. The van der Waals surface area contributed by atoms with Crippen LogP contribution in [-0.2, 0) is 0 Å². The molecule has 2 aromatic rings. The summed E-state index contributed by atoms with van der Waals surface area (Å²) in [5, 5.41) is 19.9. The van der Waals surface area contributed by atoms with Gasteiger partial charge in [0.25, 0.3) is 5.69 Å². The van der Waals surface area contributed by atoms with Gasteiger partial charge in [-0.1, -0.05) is 29.8 Å². The number of nitro groups is 1. The summed E-state index contributed by atoms with van der Waals surface area (Å²) in [5.74, 6) is -1.80. The topological polar surface area (TPSA) is 97.5 Å². The van der Waals surface area contributed by atoms with Gasteiger partial charge in [-0.05, 0) is 19.1 Å². The minimum atomic E-state index is -1.28. The molecule has 0 spiro atoms. The molecule has 6 heteroatoms. The minimum absolute atomic E-state index is 0.131. The highest BCUT2D eigenvalue weighted by molar-refractivity contribution is 6.12. The van der Waals surface area contributed by atoms with Gasteiger partial charge in [0.05, 0.1) is 10.5 Å². The lowest BCUT2D eigenvalue weighted by Gasteiger charge is -2.04. The van der Waals surface area contributed by atoms with E-state index in [0.29, 0.717) is 5.56 Å². The highest BCUT2D eigenvalue weighted by Gasteiger charge is 2.23. The Balaban J connectivity index is 2.52. The summed E-state index contributed by atoms with van der Waals surface area (Å²) >= 11 is 0. The van der Waals surface area contributed by atoms with Crippen LogP contribution in [0, 0.1) is 17.0 Å². The molecule has 2 rings (SSSR count). The van der Waals surface area contributed by atoms with Gasteiger partial charge in [0.15, 0.2) is 5.78 Å². The van der Waals surface area contributed by atoms with E-state index in [1.54, 1.807) is 24.3 Å². The number of carboxylic acid groups (broad SMARTS) is 1. The molecule has 0 unspecified atom stereocenters. The fraction of sp³-hybridized carbons (Fsp3) is 0.0667. The number of carbonyl (C=O) groups excluding carboxylic acids is 1. The number of carbonyl (C=O) groups is 2. The van der Waals surface area contributed by atoms with E-state index in [1.165, 1.54) is 12.1 Å². The van der Waals surface area contributed by atoms with Gasteiger partial charge >= 0.3 is 5.97 Å². The first-order chi connectivity index (χ1) is 9.90. The molecule has 0 amide bonds. The average molecular weight is 285 g/mol. The Morgan fingerprint density at radius 1 is 1.05 bits per heavy atom. The fourth-order valence-corrected chi connectivity index (χ4v) is 1.87. The van der Waals surface area contributed by atoms with Gasteiger partial charge < -0.3 is 5.11 Å². The zero-order valence-electron chi connectivity index (χ0n) is 11.1. The SMILES string of the molecule is Cc1ccc(C(=O)c2ccc(C(=O)O)cc2[N+](=O)[O-])cc1. The number of carboxylic acids is 1. The van der Waals surface area contributed by atoms with Gasteiger partial charge in [-0.25, -0.2) is 4.79 Å². The third-order valence-electron chi connectivity index (χ3n) is 3.00. The molecule has 0 saturated heterocycles. The quantitative estimate of drug-likeness (QED) is 0.529. The van der Waals surface area contributed by atoms with Crippen molar-refractivity contribution in [2.75, 3.05) is 0 Å². The number of hydrogen-bond acceptors (Lipinski definition) is 4. The number of nitro benzene ring substituents is 1. The smallest absolute Gasteiger partial charge is 0.335 e. The molecule has 0 aromatic heterocycles. The fourth-order valence-electron chi connectivity index (χ4n) is 1.87. The first-order valence-electron chi connectivity index (χ1n) is 6.03. The molecule has 21 heavy (non-hydrogen) atoms. The van der Waals surface area contributed by atoms with E-state index in [4.69, 9.17) is 5.11 Å². The molecule has 0 atom stereocenters. The normalized spacial score (nSPS) is 10.1. The van der Waals surface area contributed by atoms with Crippen LogP contribution in [0.1, 0.15) is 31.8 Å². The number of nitrogens with zero attached hydrogens (tertiary/aromatic N) is 1. The molecule has 0 saturated carbocycles. The molecule has 0 aliphatic rings. The first kappa shape index (κ1) is 14.4. The summed E-state index contributed by atoms with van der Waals surface area (Å²) in [6.45, 7) is 1.86. The first-order valence-corrected chi connectivity index (χ1v) is 6.03. The van der Waals surface area contributed by atoms with Crippen molar-refractivity contribution in [2.45, 2.75) is 6.92 Å². The monoisotopic (exact) mass is 285 g/mol. The lowest BCUT2D eigenvalue weighted by molar-refractivity contribution is -0.385. The third-order valence-corrected chi connectivity index (χ3v) is 3.00. The summed E-state index contributed by atoms with van der Waals surface area (Å²) in [6, 6.07) is 9.85. The Labute approximate surface area is 119 Å². The summed E-state index contributed by atoms with van der Waals surface area (Å²) in [4.78, 5) is 33.5. The van der Waals surface area contributed by atoms with Crippen molar-refractivity contribution in [1.82, 2.24) is 0 Å². The number of hydrogen-bond donors (Lipinski definition) is 1. The molecule has 0 bridgehead atoms. The van der Waals surface area contributed by atoms with Crippen LogP contribution in [0.3, 0.4) is 0 Å². The van der Waals surface area contributed by atoms with Crippen LogP contribution in [0.25, 0.3) is 0 Å². The molecule has 1 N–H and O–H groups in total. The predicted molar refractivity (Wildman–Crippen MR) is 74.7 cm³/mol. The zero-order valence-corrected chi connectivity index (χ0v) is 11.1. The van der Waals surface area contributed by atoms with Crippen LogP contribution >= 0.6 is 0 Å². The van der Waals surface area contributed by atoms with Crippen LogP contribution in [0.4, 0.5) is 5.69 Å². The third kappa shape index (κ3) is 2.94. The van der Waals surface area contributed by atoms with Gasteiger partial charge in [-0.3, -0.25) is 14.9 Å². The van der Waals surface area contributed by atoms with Gasteiger partial charge in [0.2, 0.25) is 0 Å². The van der Waals surface area contributed by atoms with Crippen LogP contribution in [-0.4, -0.2) is 21.8 Å². The van der Waals surface area contributed by atoms with Crippen molar-refractivity contribution in [3.05, 3.63) is 74.8 Å². The molecule has 0 fully saturated rings. The van der Waals surface area contributed by atoms with Crippen molar-refractivity contribution in [3.63, 3.8) is 0 Å². The molecule has 6 nitrogen and oxygen atoms in total. The van der Waals surface area contributed by atoms with E-state index in [-0.39, 0.29) is 11.1 Å². The van der Waals surface area contributed by atoms with Gasteiger partial charge in [0, 0.05) is 11.6 Å². The predicted octanol–water partition coefficient (Wildman–Crippen LogP) is 2.83. The maximum Gasteiger partial charge on any atom is 0.335 e. The Hall–Kier alpha value is -3.02. The zero-order chi connectivity index (χ0) is 15.6. The lowest BCUT2D eigenvalue weighted by atomic mass is 9.99. The van der Waals surface area contributed by atoms with Crippen LogP contribution < -0.4 is 0 Å². The summed E-state index contributed by atoms with van der Waals surface area (Å²) in [5.41, 5.74) is 0.394. The van der Waals surface area contributed by atoms with Crippen molar-refractivity contribution < 1.29 is 19.6 Å². The minimum Gasteiger partial charge on any atom is -0.478 e. The Kier molecular flexibility index (Phi) is 3.80. The highest BCUT2D eigenvalue weighted by atomic mass is 16.6. The maximum absolute atomic E-state index is 12.3. The molecule has 2 aromatic carbocycles. The van der Waals surface area contributed by atoms with Gasteiger partial charge in [0.1, 0.15) is 5.56 Å². The van der Waals surface area contributed by atoms with Crippen LogP contribution in [0.15, 0.2) is 42.5 Å². The number of rotatable bonds is 4. The number of aryl methyl sites for hydroxylation is 1. The standard InChI is InChI=1S/C15H11NO5/c1-9-2-4-10(5-3-9)14(17)12-7-6-11(15(18)19)8-13(12)16(20)21/h2-8H,1H3,(H,18,19). The average Bonchev–Trinajstić information content (AvgIpc) is 2.46. The molecular formula is C15H11NO5. The van der Waals surface area contributed by atoms with Gasteiger partial charge in [-0.15, -0.1) is 0 Å². The van der Waals surface area contributed by atoms with Crippen molar-refractivity contribution in [2.24, 2.45) is 0 Å². The molecule has 0 aliphatic heterocycles. The number of benzene rings is 2.